The molecule has 0 bridgehead atoms. The Morgan fingerprint density at radius 2 is 1.81 bits per heavy atom. The van der Waals surface area contributed by atoms with Crippen LogP contribution in [0.25, 0.3) is 0 Å². The third-order valence-electron chi connectivity index (χ3n) is 7.26. The van der Waals surface area contributed by atoms with Gasteiger partial charge in [0.05, 0.1) is 12.2 Å². The Labute approximate surface area is 191 Å². The number of carbonyl (C=O) groups is 2. The number of nitrogens with zero attached hydrogens (tertiary/aromatic N) is 5. The lowest BCUT2D eigenvalue weighted by molar-refractivity contribution is -0.126. The zero-order valence-electron chi connectivity index (χ0n) is 19.8. The molecule has 176 valence electrons. The highest BCUT2D eigenvalue weighted by molar-refractivity contribution is 5.79. The van der Waals surface area contributed by atoms with Crippen molar-refractivity contribution in [3.05, 3.63) is 17.6 Å². The summed E-state index contributed by atoms with van der Waals surface area (Å²) in [6, 6.07) is 2.40. The van der Waals surface area contributed by atoms with Crippen molar-refractivity contribution in [3.8, 4) is 0 Å². The van der Waals surface area contributed by atoms with Gasteiger partial charge in [-0.1, -0.05) is 19.3 Å². The number of rotatable bonds is 6. The number of aromatic nitrogens is 2. The number of anilines is 1. The molecule has 8 nitrogen and oxygen atoms in total. The third kappa shape index (κ3) is 5.57. The van der Waals surface area contributed by atoms with Crippen LogP contribution in [0, 0.1) is 0 Å². The van der Waals surface area contributed by atoms with Crippen LogP contribution in [-0.2, 0) is 9.59 Å². The third-order valence-corrected chi connectivity index (χ3v) is 7.26. The van der Waals surface area contributed by atoms with E-state index in [9.17, 15) is 9.59 Å². The van der Waals surface area contributed by atoms with E-state index in [0.717, 1.165) is 62.7 Å². The molecule has 3 fully saturated rings. The largest absolute Gasteiger partial charge is 0.363 e. The second-order valence-electron chi connectivity index (χ2n) is 10.0. The predicted molar refractivity (Wildman–Crippen MR) is 125 cm³/mol. The van der Waals surface area contributed by atoms with E-state index in [1.54, 1.807) is 4.90 Å². The lowest BCUT2D eigenvalue weighted by Crippen LogP contribution is -2.45. The van der Waals surface area contributed by atoms with Crippen molar-refractivity contribution in [1.82, 2.24) is 25.1 Å². The van der Waals surface area contributed by atoms with E-state index in [-0.39, 0.29) is 17.7 Å². The molecule has 1 aromatic heterocycles. The van der Waals surface area contributed by atoms with Crippen molar-refractivity contribution in [1.29, 1.82) is 0 Å². The van der Waals surface area contributed by atoms with Crippen LogP contribution >= 0.6 is 0 Å². The number of hydrogen-bond acceptors (Lipinski definition) is 6. The van der Waals surface area contributed by atoms with Gasteiger partial charge in [0.25, 0.3) is 0 Å². The molecule has 0 radical (unpaired) electrons. The first-order valence-electron chi connectivity index (χ1n) is 12.2. The molecule has 0 aromatic carbocycles. The number of piperidine rings is 1. The molecule has 2 aliphatic heterocycles. The summed E-state index contributed by atoms with van der Waals surface area (Å²) in [5.41, 5.74) is 0.977. The van der Waals surface area contributed by atoms with Crippen molar-refractivity contribution in [2.75, 3.05) is 52.2 Å². The predicted octanol–water partition coefficient (Wildman–Crippen LogP) is 2.12. The number of nitrogens with one attached hydrogen (secondary N) is 1. The fourth-order valence-corrected chi connectivity index (χ4v) is 5.23. The number of carbonyl (C=O) groups excluding carboxylic acids is 2. The summed E-state index contributed by atoms with van der Waals surface area (Å²) in [7, 11) is 5.85. The monoisotopic (exact) mass is 442 g/mol. The van der Waals surface area contributed by atoms with Gasteiger partial charge in [0.15, 0.2) is 0 Å². The number of likely N-dealkylation sites (tertiary alicyclic amines) is 2. The molecule has 1 saturated carbocycles. The summed E-state index contributed by atoms with van der Waals surface area (Å²) in [6.07, 6.45) is 8.44. The molecule has 2 saturated heterocycles. The van der Waals surface area contributed by atoms with Crippen molar-refractivity contribution in [3.63, 3.8) is 0 Å². The summed E-state index contributed by atoms with van der Waals surface area (Å²) in [4.78, 5) is 40.4. The van der Waals surface area contributed by atoms with E-state index in [1.807, 2.05) is 32.1 Å². The van der Waals surface area contributed by atoms with Crippen LogP contribution in [-0.4, -0.2) is 84.9 Å². The van der Waals surface area contributed by atoms with Gasteiger partial charge in [-0.05, 0) is 38.8 Å². The lowest BCUT2D eigenvalue weighted by atomic mass is 9.94. The van der Waals surface area contributed by atoms with Crippen LogP contribution in [0.5, 0.6) is 0 Å². The molecule has 0 unspecified atom stereocenters. The number of amides is 2. The van der Waals surface area contributed by atoms with Gasteiger partial charge in [0, 0.05) is 58.1 Å². The number of hydrogen-bond donors (Lipinski definition) is 1. The molecule has 8 heteroatoms. The molecule has 3 aliphatic rings. The van der Waals surface area contributed by atoms with Crippen LogP contribution < -0.4 is 10.2 Å². The Morgan fingerprint density at radius 1 is 1.09 bits per heavy atom. The molecule has 1 atom stereocenters. The minimum absolute atomic E-state index is 0.136. The first-order valence-corrected chi connectivity index (χ1v) is 12.2. The zero-order valence-corrected chi connectivity index (χ0v) is 19.8. The maximum Gasteiger partial charge on any atom is 0.234 e. The standard InChI is InChI=1S/C24H38N6O2/c1-28(2)21-14-20(18-13-23(32)29(3)15-18)26-24(27-21)17-9-11-30(12-10-17)16-22(31)25-19-7-5-4-6-8-19/h14,17-19H,4-13,15-16H2,1-3H3,(H,25,31)/t18-/m1/s1. The van der Waals surface area contributed by atoms with Gasteiger partial charge in [-0.2, -0.15) is 0 Å². The van der Waals surface area contributed by atoms with Gasteiger partial charge in [0.1, 0.15) is 11.6 Å². The topological polar surface area (TPSA) is 81.7 Å². The average Bonchev–Trinajstić information content (AvgIpc) is 3.13. The highest BCUT2D eigenvalue weighted by Crippen LogP contribution is 2.31. The Hall–Kier alpha value is -2.22. The summed E-state index contributed by atoms with van der Waals surface area (Å²) in [5.74, 6) is 2.57. The van der Waals surface area contributed by atoms with E-state index in [1.165, 1.54) is 19.3 Å². The van der Waals surface area contributed by atoms with Crippen molar-refractivity contribution < 1.29 is 9.59 Å². The molecule has 1 aliphatic carbocycles. The van der Waals surface area contributed by atoms with Crippen LogP contribution in [0.3, 0.4) is 0 Å². The van der Waals surface area contributed by atoms with Gasteiger partial charge in [-0.3, -0.25) is 14.5 Å². The van der Waals surface area contributed by atoms with E-state index < -0.39 is 0 Å². The molecule has 1 N–H and O–H groups in total. The fourth-order valence-electron chi connectivity index (χ4n) is 5.23. The zero-order chi connectivity index (χ0) is 22.7. The maximum atomic E-state index is 12.5. The van der Waals surface area contributed by atoms with E-state index in [2.05, 4.69) is 10.2 Å². The van der Waals surface area contributed by atoms with Crippen LogP contribution in [0.1, 0.15) is 74.7 Å². The molecule has 2 amide bonds. The summed E-state index contributed by atoms with van der Waals surface area (Å²) >= 11 is 0. The van der Waals surface area contributed by atoms with Crippen molar-refractivity contribution >= 4 is 17.6 Å². The minimum atomic E-state index is 0.136. The van der Waals surface area contributed by atoms with Crippen LogP contribution in [0.2, 0.25) is 0 Å². The van der Waals surface area contributed by atoms with Gasteiger partial charge < -0.3 is 15.1 Å². The smallest absolute Gasteiger partial charge is 0.234 e. The maximum absolute atomic E-state index is 12.5. The Balaban J connectivity index is 1.36. The van der Waals surface area contributed by atoms with Crippen molar-refractivity contribution in [2.45, 2.75) is 69.2 Å². The summed E-state index contributed by atoms with van der Waals surface area (Å²) in [5, 5.41) is 3.23. The fraction of sp³-hybridized carbons (Fsp3) is 0.750. The lowest BCUT2D eigenvalue weighted by Gasteiger charge is -2.32. The van der Waals surface area contributed by atoms with E-state index in [4.69, 9.17) is 9.97 Å². The SMILES string of the molecule is CN1C[C@H](c2cc(N(C)C)nc(C3CCN(CC(=O)NC4CCCCC4)CC3)n2)CC1=O. The van der Waals surface area contributed by atoms with Gasteiger partial charge in [-0.15, -0.1) is 0 Å². The molecule has 32 heavy (non-hydrogen) atoms. The number of likely N-dealkylation sites (N-methyl/N-ethyl adjacent to an activating group) is 1. The van der Waals surface area contributed by atoms with E-state index in [0.29, 0.717) is 24.9 Å². The van der Waals surface area contributed by atoms with Gasteiger partial charge >= 0.3 is 0 Å². The highest BCUT2D eigenvalue weighted by atomic mass is 16.2. The van der Waals surface area contributed by atoms with E-state index >= 15 is 0 Å². The van der Waals surface area contributed by atoms with Crippen LogP contribution in [0.15, 0.2) is 6.07 Å². The quantitative estimate of drug-likeness (QED) is 0.727. The molecule has 0 spiro atoms. The Morgan fingerprint density at radius 3 is 2.44 bits per heavy atom. The normalized spacial score (nSPS) is 23.5. The first kappa shape index (κ1) is 23.0. The summed E-state index contributed by atoms with van der Waals surface area (Å²) < 4.78 is 0. The first-order chi connectivity index (χ1) is 15.4. The second kappa shape index (κ2) is 10.1. The minimum Gasteiger partial charge on any atom is -0.363 e. The van der Waals surface area contributed by atoms with Gasteiger partial charge in [-0.25, -0.2) is 9.97 Å². The Kier molecular flexibility index (Phi) is 7.28. The summed E-state index contributed by atoms with van der Waals surface area (Å²) in [6.45, 7) is 2.98. The second-order valence-corrected chi connectivity index (χ2v) is 10.0. The molecular weight excluding hydrogens is 404 g/mol. The van der Waals surface area contributed by atoms with Gasteiger partial charge in [0.2, 0.25) is 11.8 Å². The molecular formula is C24H38N6O2. The molecule has 1 aromatic rings. The Bertz CT molecular complexity index is 815. The average molecular weight is 443 g/mol. The molecule has 3 heterocycles. The van der Waals surface area contributed by atoms with Crippen LogP contribution in [0.4, 0.5) is 5.82 Å². The van der Waals surface area contributed by atoms with Crippen molar-refractivity contribution in [2.24, 2.45) is 0 Å². The highest BCUT2D eigenvalue weighted by Gasteiger charge is 2.31. The molecule has 4 rings (SSSR count).